The molecule has 0 fully saturated rings. The first-order chi connectivity index (χ1) is 10.8. The Bertz CT molecular complexity index is 758. The maximum atomic E-state index is 12.8. The number of fused-ring (bicyclic) bond motifs is 1. The summed E-state index contributed by atoms with van der Waals surface area (Å²) in [5.41, 5.74) is 5.91. The van der Waals surface area contributed by atoms with Crippen LogP contribution in [-0.4, -0.2) is 12.7 Å². The van der Waals surface area contributed by atoms with Gasteiger partial charge < -0.3 is 15.2 Å². The van der Waals surface area contributed by atoms with E-state index < -0.39 is 23.9 Å². The highest BCUT2D eigenvalue weighted by Gasteiger charge is 2.31. The molecule has 0 saturated carbocycles. The number of carbonyl (C=O) groups is 1. The number of nitrogens with two attached hydrogens (primary N) is 1. The highest BCUT2D eigenvalue weighted by atomic mass is 19.4. The van der Waals surface area contributed by atoms with Crippen LogP contribution in [0.1, 0.15) is 17.2 Å². The summed E-state index contributed by atoms with van der Waals surface area (Å²) in [5, 5.41) is 0. The van der Waals surface area contributed by atoms with Crippen LogP contribution in [0.4, 0.5) is 18.0 Å². The van der Waals surface area contributed by atoms with Crippen LogP contribution in [0.2, 0.25) is 0 Å². The van der Waals surface area contributed by atoms with E-state index in [1.165, 1.54) is 6.07 Å². The van der Waals surface area contributed by atoms with Gasteiger partial charge in [0, 0.05) is 5.56 Å². The molecule has 2 N–H and O–H groups in total. The van der Waals surface area contributed by atoms with Crippen molar-refractivity contribution < 1.29 is 27.4 Å². The average molecular weight is 323 g/mol. The van der Waals surface area contributed by atoms with Crippen LogP contribution in [0.3, 0.4) is 0 Å². The first kappa shape index (κ1) is 15.2. The van der Waals surface area contributed by atoms with Gasteiger partial charge in [-0.1, -0.05) is 24.3 Å². The predicted octanol–water partition coefficient (Wildman–Crippen LogP) is 3.90. The number of carbonyl (C=O) groups excluding carboxylic acids is 1. The van der Waals surface area contributed by atoms with E-state index in [1.807, 2.05) is 0 Å². The largest absolute Gasteiger partial charge is 0.489 e. The van der Waals surface area contributed by atoms with Crippen LogP contribution in [0.5, 0.6) is 5.75 Å². The minimum absolute atomic E-state index is 0.129. The molecule has 1 atom stereocenters. The number of ether oxygens (including phenoxy) is 2. The number of rotatable bonds is 2. The van der Waals surface area contributed by atoms with E-state index in [-0.39, 0.29) is 6.61 Å². The number of primary amides is 1. The van der Waals surface area contributed by atoms with Gasteiger partial charge in [-0.05, 0) is 29.3 Å². The molecule has 1 amide bonds. The summed E-state index contributed by atoms with van der Waals surface area (Å²) >= 11 is 0. The first-order valence-corrected chi connectivity index (χ1v) is 6.75. The molecule has 0 saturated heterocycles. The van der Waals surface area contributed by atoms with Crippen molar-refractivity contribution in [3.8, 4) is 16.9 Å². The van der Waals surface area contributed by atoms with Crippen LogP contribution < -0.4 is 10.5 Å². The Hall–Kier alpha value is -2.70. The Morgan fingerprint density at radius 2 is 1.91 bits per heavy atom. The van der Waals surface area contributed by atoms with Crippen molar-refractivity contribution in [2.24, 2.45) is 5.73 Å². The van der Waals surface area contributed by atoms with Crippen LogP contribution in [0.15, 0.2) is 42.5 Å². The second-order valence-electron chi connectivity index (χ2n) is 5.07. The topological polar surface area (TPSA) is 61.6 Å². The molecule has 0 spiro atoms. The lowest BCUT2D eigenvalue weighted by Gasteiger charge is -2.10. The van der Waals surface area contributed by atoms with Gasteiger partial charge in [-0.2, -0.15) is 13.2 Å². The lowest BCUT2D eigenvalue weighted by atomic mass is 10.00. The minimum atomic E-state index is -4.40. The molecule has 0 bridgehead atoms. The number of halogens is 3. The number of amides is 1. The van der Waals surface area contributed by atoms with Crippen molar-refractivity contribution in [1.29, 1.82) is 0 Å². The molecule has 2 aromatic carbocycles. The molecule has 3 rings (SSSR count). The van der Waals surface area contributed by atoms with Gasteiger partial charge in [0.05, 0.1) is 5.56 Å². The summed E-state index contributed by atoms with van der Waals surface area (Å²) in [5.74, 6) is 0.464. The van der Waals surface area contributed by atoms with Gasteiger partial charge in [0.15, 0.2) is 6.10 Å². The van der Waals surface area contributed by atoms with Gasteiger partial charge in [-0.25, -0.2) is 4.79 Å². The zero-order valence-corrected chi connectivity index (χ0v) is 11.8. The average Bonchev–Trinajstić information content (AvgIpc) is 2.88. The molecule has 1 heterocycles. The van der Waals surface area contributed by atoms with Crippen molar-refractivity contribution in [1.82, 2.24) is 0 Å². The number of hydrogen-bond donors (Lipinski definition) is 1. The molecule has 120 valence electrons. The molecule has 7 heteroatoms. The maximum absolute atomic E-state index is 12.8. The maximum Gasteiger partial charge on any atom is 0.416 e. The van der Waals surface area contributed by atoms with Gasteiger partial charge >= 0.3 is 12.3 Å². The zero-order valence-electron chi connectivity index (χ0n) is 11.8. The van der Waals surface area contributed by atoms with Gasteiger partial charge in [-0.3, -0.25) is 0 Å². The highest BCUT2D eigenvalue weighted by molar-refractivity contribution is 5.68. The van der Waals surface area contributed by atoms with Crippen molar-refractivity contribution in [3.63, 3.8) is 0 Å². The Morgan fingerprint density at radius 3 is 2.61 bits per heavy atom. The number of alkyl halides is 3. The van der Waals surface area contributed by atoms with Gasteiger partial charge in [0.1, 0.15) is 12.4 Å². The Kier molecular flexibility index (Phi) is 3.63. The second kappa shape index (κ2) is 5.49. The summed E-state index contributed by atoms with van der Waals surface area (Å²) in [6, 6.07) is 9.97. The molecular weight excluding hydrogens is 311 g/mol. The predicted molar refractivity (Wildman–Crippen MR) is 75.8 cm³/mol. The van der Waals surface area contributed by atoms with Crippen molar-refractivity contribution >= 4 is 6.09 Å². The van der Waals surface area contributed by atoms with E-state index >= 15 is 0 Å². The smallest absolute Gasteiger partial charge is 0.416 e. The van der Waals surface area contributed by atoms with Crippen molar-refractivity contribution in [2.45, 2.75) is 12.3 Å². The summed E-state index contributed by atoms with van der Waals surface area (Å²) in [4.78, 5) is 10.8. The second-order valence-corrected chi connectivity index (χ2v) is 5.07. The number of benzene rings is 2. The first-order valence-electron chi connectivity index (χ1n) is 6.75. The van der Waals surface area contributed by atoms with Crippen molar-refractivity contribution in [2.75, 3.05) is 6.61 Å². The highest BCUT2D eigenvalue weighted by Crippen LogP contribution is 2.38. The third-order valence-electron chi connectivity index (χ3n) is 3.53. The molecule has 0 aliphatic carbocycles. The Morgan fingerprint density at radius 1 is 1.17 bits per heavy atom. The molecule has 1 aliphatic rings. The molecule has 0 radical (unpaired) electrons. The van der Waals surface area contributed by atoms with Crippen LogP contribution in [0, 0.1) is 0 Å². The summed E-state index contributed by atoms with van der Waals surface area (Å²) in [6.07, 6.45) is -5.91. The molecule has 4 nitrogen and oxygen atoms in total. The van der Waals surface area contributed by atoms with Gasteiger partial charge in [0.2, 0.25) is 0 Å². The SMILES string of the molecule is NC(=O)OC1COc2cc(-c3cccc(C(F)(F)F)c3)ccc21. The van der Waals surface area contributed by atoms with Gasteiger partial charge in [-0.15, -0.1) is 0 Å². The zero-order chi connectivity index (χ0) is 16.6. The lowest BCUT2D eigenvalue weighted by molar-refractivity contribution is -0.137. The lowest BCUT2D eigenvalue weighted by Crippen LogP contribution is -2.18. The van der Waals surface area contributed by atoms with Crippen LogP contribution in [0.25, 0.3) is 11.1 Å². The standard InChI is InChI=1S/C16H12F3NO3/c17-16(18,19)11-3-1-2-9(6-11)10-4-5-12-13(7-10)22-8-14(12)23-15(20)21/h1-7,14H,8H2,(H2,20,21). The Labute approximate surface area is 129 Å². The van der Waals surface area contributed by atoms with E-state index in [1.54, 1.807) is 24.3 Å². The minimum Gasteiger partial charge on any atom is -0.489 e. The van der Waals surface area contributed by atoms with Crippen LogP contribution >= 0.6 is 0 Å². The molecule has 1 unspecified atom stereocenters. The Balaban J connectivity index is 1.93. The number of hydrogen-bond acceptors (Lipinski definition) is 3. The molecule has 0 aromatic heterocycles. The molecular formula is C16H12F3NO3. The quantitative estimate of drug-likeness (QED) is 0.912. The fourth-order valence-electron chi connectivity index (χ4n) is 2.47. The normalized spacial score (nSPS) is 16.6. The van der Waals surface area contributed by atoms with Crippen molar-refractivity contribution in [3.05, 3.63) is 53.6 Å². The monoisotopic (exact) mass is 323 g/mol. The summed E-state index contributed by atoms with van der Waals surface area (Å²) < 4.78 is 48.7. The fraction of sp³-hybridized carbons (Fsp3) is 0.188. The summed E-state index contributed by atoms with van der Waals surface area (Å²) in [7, 11) is 0. The van der Waals surface area contributed by atoms with E-state index in [9.17, 15) is 18.0 Å². The fourth-order valence-corrected chi connectivity index (χ4v) is 2.47. The third-order valence-corrected chi connectivity index (χ3v) is 3.53. The van der Waals surface area contributed by atoms with E-state index in [0.29, 0.717) is 22.4 Å². The molecule has 2 aromatic rings. The van der Waals surface area contributed by atoms with E-state index in [2.05, 4.69) is 0 Å². The molecule has 1 aliphatic heterocycles. The van der Waals surface area contributed by atoms with E-state index in [0.717, 1.165) is 12.1 Å². The van der Waals surface area contributed by atoms with Crippen LogP contribution in [-0.2, 0) is 10.9 Å². The summed E-state index contributed by atoms with van der Waals surface area (Å²) in [6.45, 7) is 0.129. The van der Waals surface area contributed by atoms with Gasteiger partial charge in [0.25, 0.3) is 0 Å². The van der Waals surface area contributed by atoms with E-state index in [4.69, 9.17) is 15.2 Å². The molecule has 23 heavy (non-hydrogen) atoms. The third kappa shape index (κ3) is 3.08.